The topological polar surface area (TPSA) is 15.3 Å². The van der Waals surface area contributed by atoms with E-state index in [0.717, 1.165) is 24.5 Å². The molecule has 1 aromatic rings. The predicted octanol–water partition coefficient (Wildman–Crippen LogP) is 3.35. The van der Waals surface area contributed by atoms with Gasteiger partial charge in [0.1, 0.15) is 0 Å². The highest BCUT2D eigenvalue weighted by Gasteiger charge is 2.36. The Labute approximate surface area is 123 Å². The first kappa shape index (κ1) is 14.1. The maximum Gasteiger partial charge on any atom is 0.0237 e. The van der Waals surface area contributed by atoms with Crippen molar-refractivity contribution in [2.45, 2.75) is 58.2 Å². The average molecular weight is 272 g/mol. The summed E-state index contributed by atoms with van der Waals surface area (Å²) in [4.78, 5) is 2.73. The Bertz CT molecular complexity index is 422. The fraction of sp³-hybridized carbons (Fsp3) is 0.667. The smallest absolute Gasteiger partial charge is 0.0237 e. The normalized spacial score (nSPS) is 27.7. The minimum atomic E-state index is 0.719. The predicted molar refractivity (Wildman–Crippen MR) is 84.8 cm³/mol. The molecule has 0 radical (unpaired) electrons. The van der Waals surface area contributed by atoms with Crippen molar-refractivity contribution in [3.8, 4) is 0 Å². The first-order valence-corrected chi connectivity index (χ1v) is 8.29. The maximum atomic E-state index is 3.80. The van der Waals surface area contributed by atoms with Gasteiger partial charge in [-0.15, -0.1) is 0 Å². The lowest BCUT2D eigenvalue weighted by Gasteiger charge is -2.41. The summed E-state index contributed by atoms with van der Waals surface area (Å²) in [6.07, 6.45) is 5.48. The van der Waals surface area contributed by atoms with Crippen molar-refractivity contribution in [2.75, 3.05) is 13.1 Å². The Morgan fingerprint density at radius 1 is 1.20 bits per heavy atom. The molecule has 1 aliphatic carbocycles. The van der Waals surface area contributed by atoms with Gasteiger partial charge in [0.15, 0.2) is 0 Å². The van der Waals surface area contributed by atoms with Crippen LogP contribution in [0, 0.1) is 12.8 Å². The Kier molecular flexibility index (Phi) is 4.42. The molecule has 2 unspecified atom stereocenters. The van der Waals surface area contributed by atoms with Crippen molar-refractivity contribution in [3.05, 3.63) is 35.4 Å². The van der Waals surface area contributed by atoms with Crippen LogP contribution in [0.3, 0.4) is 0 Å². The molecule has 1 saturated heterocycles. The van der Waals surface area contributed by atoms with Gasteiger partial charge in [-0.1, -0.05) is 43.2 Å². The van der Waals surface area contributed by atoms with Gasteiger partial charge in [-0.05, 0) is 37.7 Å². The second-order valence-electron chi connectivity index (χ2n) is 6.71. The Morgan fingerprint density at radius 2 is 1.95 bits per heavy atom. The summed E-state index contributed by atoms with van der Waals surface area (Å²) in [5.41, 5.74) is 2.82. The molecule has 2 heteroatoms. The zero-order valence-electron chi connectivity index (χ0n) is 12.9. The van der Waals surface area contributed by atoms with E-state index >= 15 is 0 Å². The second kappa shape index (κ2) is 6.28. The molecule has 2 atom stereocenters. The van der Waals surface area contributed by atoms with Gasteiger partial charge >= 0.3 is 0 Å². The maximum absolute atomic E-state index is 3.80. The standard InChI is InChI=1S/C18H28N2/c1-3-4-17-11-19-18(16-9-10-16)13-20(17)12-15-7-5-14(2)6-8-15/h5-8,16-19H,3-4,9-13H2,1-2H3. The van der Waals surface area contributed by atoms with Crippen LogP contribution < -0.4 is 5.32 Å². The summed E-state index contributed by atoms with van der Waals surface area (Å²) in [5, 5.41) is 3.80. The molecule has 1 aromatic carbocycles. The number of nitrogens with zero attached hydrogens (tertiary/aromatic N) is 1. The van der Waals surface area contributed by atoms with Crippen LogP contribution in [0.2, 0.25) is 0 Å². The monoisotopic (exact) mass is 272 g/mol. The number of rotatable bonds is 5. The van der Waals surface area contributed by atoms with Crippen molar-refractivity contribution in [1.29, 1.82) is 0 Å². The van der Waals surface area contributed by atoms with Crippen LogP contribution in [0.1, 0.15) is 43.7 Å². The molecule has 1 heterocycles. The quantitative estimate of drug-likeness (QED) is 0.884. The lowest BCUT2D eigenvalue weighted by atomic mass is 10.0. The fourth-order valence-corrected chi connectivity index (χ4v) is 3.44. The van der Waals surface area contributed by atoms with E-state index in [2.05, 4.69) is 48.3 Å². The summed E-state index contributed by atoms with van der Waals surface area (Å²) in [5.74, 6) is 0.957. The van der Waals surface area contributed by atoms with E-state index < -0.39 is 0 Å². The lowest BCUT2D eigenvalue weighted by Crippen LogP contribution is -2.56. The summed E-state index contributed by atoms with van der Waals surface area (Å²) in [6.45, 7) is 8.01. The first-order valence-electron chi connectivity index (χ1n) is 8.29. The van der Waals surface area contributed by atoms with Gasteiger partial charge in [0.25, 0.3) is 0 Å². The molecule has 0 spiro atoms. The molecule has 1 saturated carbocycles. The van der Waals surface area contributed by atoms with Crippen molar-refractivity contribution in [1.82, 2.24) is 10.2 Å². The van der Waals surface area contributed by atoms with E-state index in [9.17, 15) is 0 Å². The zero-order valence-corrected chi connectivity index (χ0v) is 12.9. The minimum Gasteiger partial charge on any atom is -0.311 e. The van der Waals surface area contributed by atoms with Crippen LogP contribution in [0.25, 0.3) is 0 Å². The molecule has 3 rings (SSSR count). The second-order valence-corrected chi connectivity index (χ2v) is 6.71. The third-order valence-electron chi connectivity index (χ3n) is 4.88. The largest absolute Gasteiger partial charge is 0.311 e. The van der Waals surface area contributed by atoms with Gasteiger partial charge in [0.05, 0.1) is 0 Å². The summed E-state index contributed by atoms with van der Waals surface area (Å²) in [7, 11) is 0. The Balaban J connectivity index is 1.66. The van der Waals surface area contributed by atoms with Crippen LogP contribution in [-0.4, -0.2) is 30.1 Å². The number of piperazine rings is 1. The highest BCUT2D eigenvalue weighted by Crippen LogP contribution is 2.34. The molecular weight excluding hydrogens is 244 g/mol. The molecule has 0 amide bonds. The van der Waals surface area contributed by atoms with E-state index in [1.54, 1.807) is 0 Å². The van der Waals surface area contributed by atoms with Gasteiger partial charge in [-0.2, -0.15) is 0 Å². The molecular formula is C18H28N2. The number of hydrogen-bond acceptors (Lipinski definition) is 2. The molecule has 2 aliphatic rings. The van der Waals surface area contributed by atoms with Crippen LogP contribution in [0.15, 0.2) is 24.3 Å². The van der Waals surface area contributed by atoms with Crippen LogP contribution in [-0.2, 0) is 6.54 Å². The summed E-state index contributed by atoms with van der Waals surface area (Å²) >= 11 is 0. The molecule has 1 aliphatic heterocycles. The third kappa shape index (κ3) is 3.42. The number of nitrogens with one attached hydrogen (secondary N) is 1. The van der Waals surface area contributed by atoms with Crippen molar-refractivity contribution in [3.63, 3.8) is 0 Å². The van der Waals surface area contributed by atoms with E-state index in [0.29, 0.717) is 0 Å². The highest BCUT2D eigenvalue weighted by molar-refractivity contribution is 5.21. The van der Waals surface area contributed by atoms with Crippen molar-refractivity contribution in [2.24, 2.45) is 5.92 Å². The summed E-state index contributed by atoms with van der Waals surface area (Å²) in [6, 6.07) is 10.5. The van der Waals surface area contributed by atoms with Crippen LogP contribution in [0.4, 0.5) is 0 Å². The zero-order chi connectivity index (χ0) is 13.9. The van der Waals surface area contributed by atoms with E-state index in [-0.39, 0.29) is 0 Å². The lowest BCUT2D eigenvalue weighted by molar-refractivity contribution is 0.108. The molecule has 0 aromatic heterocycles. The number of benzene rings is 1. The SMILES string of the molecule is CCCC1CNC(C2CC2)CN1Cc1ccc(C)cc1. The average Bonchev–Trinajstić information content (AvgIpc) is 3.28. The Hall–Kier alpha value is -0.860. The van der Waals surface area contributed by atoms with Gasteiger partial charge in [-0.25, -0.2) is 0 Å². The van der Waals surface area contributed by atoms with Crippen molar-refractivity contribution >= 4 is 0 Å². The van der Waals surface area contributed by atoms with E-state index in [1.807, 2.05) is 0 Å². The van der Waals surface area contributed by atoms with E-state index in [4.69, 9.17) is 0 Å². The molecule has 0 bridgehead atoms. The molecule has 20 heavy (non-hydrogen) atoms. The molecule has 110 valence electrons. The van der Waals surface area contributed by atoms with Crippen molar-refractivity contribution < 1.29 is 0 Å². The summed E-state index contributed by atoms with van der Waals surface area (Å²) < 4.78 is 0. The molecule has 2 fully saturated rings. The van der Waals surface area contributed by atoms with E-state index in [1.165, 1.54) is 49.9 Å². The van der Waals surface area contributed by atoms with Gasteiger partial charge in [0.2, 0.25) is 0 Å². The molecule has 2 nitrogen and oxygen atoms in total. The minimum absolute atomic E-state index is 0.719. The number of hydrogen-bond donors (Lipinski definition) is 1. The van der Waals surface area contributed by atoms with Crippen LogP contribution in [0.5, 0.6) is 0 Å². The Morgan fingerprint density at radius 3 is 2.60 bits per heavy atom. The van der Waals surface area contributed by atoms with Gasteiger partial charge in [-0.3, -0.25) is 4.90 Å². The first-order chi connectivity index (χ1) is 9.76. The number of aryl methyl sites for hydroxylation is 1. The van der Waals surface area contributed by atoms with Gasteiger partial charge in [0, 0.05) is 31.7 Å². The third-order valence-corrected chi connectivity index (χ3v) is 4.88. The molecule has 1 N–H and O–H groups in total. The van der Waals surface area contributed by atoms with Crippen LogP contribution >= 0.6 is 0 Å². The highest BCUT2D eigenvalue weighted by atomic mass is 15.2. The van der Waals surface area contributed by atoms with Gasteiger partial charge < -0.3 is 5.32 Å². The fourth-order valence-electron chi connectivity index (χ4n) is 3.44.